The number of hydrogen-bond donors (Lipinski definition) is 1. The van der Waals surface area contributed by atoms with Crippen LogP contribution in [-0.2, 0) is 47.5 Å². The number of carbonyl (C=O) groups excluding carboxylic acids is 3. The minimum atomic E-state index is -1.21. The Kier molecular flexibility index (Phi) is 8.26. The molecule has 5 rings (SSSR count). The Morgan fingerprint density at radius 3 is 2.32 bits per heavy atom. The molecule has 3 heterocycles. The molecule has 41 heavy (non-hydrogen) atoms. The van der Waals surface area contributed by atoms with Crippen molar-refractivity contribution in [3.63, 3.8) is 0 Å². The molecule has 13 atom stereocenters. The average molecular weight is 583 g/mol. The van der Waals surface area contributed by atoms with Crippen molar-refractivity contribution in [1.29, 1.82) is 0 Å². The van der Waals surface area contributed by atoms with E-state index in [-0.39, 0.29) is 55.7 Å². The number of carbonyl (C=O) groups is 3. The highest BCUT2D eigenvalue weighted by Crippen LogP contribution is 2.70. The number of aliphatic hydroxyl groups is 1. The van der Waals surface area contributed by atoms with Gasteiger partial charge >= 0.3 is 17.9 Å². The highest BCUT2D eigenvalue weighted by atomic mass is 16.8. The zero-order chi connectivity index (χ0) is 29.9. The van der Waals surface area contributed by atoms with Crippen LogP contribution < -0.4 is 0 Å². The predicted octanol–water partition coefficient (Wildman–Crippen LogP) is 2.75. The van der Waals surface area contributed by atoms with Crippen LogP contribution >= 0.6 is 0 Å². The van der Waals surface area contributed by atoms with Gasteiger partial charge in [0.2, 0.25) is 0 Å². The van der Waals surface area contributed by atoms with E-state index in [0.29, 0.717) is 12.8 Å². The molecule has 0 radical (unpaired) electrons. The van der Waals surface area contributed by atoms with E-state index >= 15 is 0 Å². The Labute approximate surface area is 241 Å². The van der Waals surface area contributed by atoms with Crippen molar-refractivity contribution in [2.75, 3.05) is 20.3 Å². The molecule has 3 saturated heterocycles. The third-order valence-electron chi connectivity index (χ3n) is 11.1. The minimum Gasteiger partial charge on any atom is -0.465 e. The lowest BCUT2D eigenvalue weighted by Gasteiger charge is -2.65. The molecule has 11 nitrogen and oxygen atoms in total. The fraction of sp³-hybridized carbons (Fsp3) is 0.900. The fourth-order valence-electron chi connectivity index (χ4n) is 8.47. The van der Waals surface area contributed by atoms with Crippen LogP contribution in [0.15, 0.2) is 0 Å². The Morgan fingerprint density at radius 1 is 1.05 bits per heavy atom. The summed E-state index contributed by atoms with van der Waals surface area (Å²) in [5.74, 6) is -1.98. The number of rotatable bonds is 8. The molecular weight excluding hydrogens is 536 g/mol. The summed E-state index contributed by atoms with van der Waals surface area (Å²) in [5.41, 5.74) is -2.86. The van der Waals surface area contributed by atoms with Crippen LogP contribution in [0.5, 0.6) is 0 Å². The van der Waals surface area contributed by atoms with E-state index in [2.05, 4.69) is 13.8 Å². The van der Waals surface area contributed by atoms with Gasteiger partial charge in [-0.25, -0.2) is 0 Å². The summed E-state index contributed by atoms with van der Waals surface area (Å²) in [7, 11) is 1.62. The number of hydrogen-bond acceptors (Lipinski definition) is 11. The van der Waals surface area contributed by atoms with Crippen molar-refractivity contribution < 1.29 is 52.6 Å². The molecule has 5 fully saturated rings. The maximum Gasteiger partial charge on any atom is 0.309 e. The molecule has 2 aliphatic carbocycles. The van der Waals surface area contributed by atoms with Crippen molar-refractivity contribution in [2.45, 2.75) is 116 Å². The topological polar surface area (TPSA) is 139 Å². The quantitative estimate of drug-likeness (QED) is 0.257. The highest BCUT2D eigenvalue weighted by Gasteiger charge is 2.81. The molecule has 2 saturated carbocycles. The lowest BCUT2D eigenvalue weighted by atomic mass is 9.41. The van der Waals surface area contributed by atoms with E-state index in [0.717, 1.165) is 12.8 Å². The second-order valence-electron chi connectivity index (χ2n) is 13.1. The standard InChI is InChI=1S/C30H46O11/c1-8-15(2)26(34)41-25-20(33)12-21-28(6,22-10-19-11-24(35-7)40-27(19)39-22)16(3)9-23(38-18(5)32)29(21,13-36-17(4)31)30(25)14-37-30/h15-16,19-25,27,33H,8-14H2,1-7H3/t15?,16-,19+,20-,21-,22+,23+,24+,25+,27-,28+,29+,30-/m1/s1. The molecule has 11 heteroatoms. The first kappa shape index (κ1) is 30.7. The molecule has 1 unspecified atom stereocenters. The smallest absolute Gasteiger partial charge is 0.309 e. The van der Waals surface area contributed by atoms with Gasteiger partial charge in [0.05, 0.1) is 30.1 Å². The number of ether oxygens (including phenoxy) is 7. The summed E-state index contributed by atoms with van der Waals surface area (Å²) >= 11 is 0. The van der Waals surface area contributed by atoms with Gasteiger partial charge in [-0.2, -0.15) is 0 Å². The predicted molar refractivity (Wildman–Crippen MR) is 142 cm³/mol. The van der Waals surface area contributed by atoms with Gasteiger partial charge in [0.15, 0.2) is 18.7 Å². The van der Waals surface area contributed by atoms with Crippen LogP contribution in [0, 0.1) is 34.5 Å². The maximum atomic E-state index is 13.0. The molecule has 0 bridgehead atoms. The van der Waals surface area contributed by atoms with E-state index in [9.17, 15) is 19.5 Å². The molecule has 5 aliphatic rings. The summed E-state index contributed by atoms with van der Waals surface area (Å²) < 4.78 is 42.1. The zero-order valence-electron chi connectivity index (χ0n) is 25.3. The van der Waals surface area contributed by atoms with E-state index in [1.165, 1.54) is 13.8 Å². The first-order valence-electron chi connectivity index (χ1n) is 15.0. The summed E-state index contributed by atoms with van der Waals surface area (Å²) in [5, 5.41) is 11.7. The van der Waals surface area contributed by atoms with Crippen molar-refractivity contribution in [2.24, 2.45) is 34.5 Å². The molecule has 0 amide bonds. The van der Waals surface area contributed by atoms with Crippen molar-refractivity contribution in [3.05, 3.63) is 0 Å². The van der Waals surface area contributed by atoms with Crippen molar-refractivity contribution in [1.82, 2.24) is 0 Å². The molecule has 0 aromatic rings. The average Bonchev–Trinajstić information content (AvgIpc) is 3.45. The SMILES string of the molecule is CCC(C)C(=O)O[C@H]1[C@H](O)C[C@@H]2[C@@](C)([C@@H]3C[C@H]4C[C@@H](OC)O[C@H]4O3)[C@H](C)C[C@H](OC(C)=O)[C@@]2(COC(C)=O)[C@@]12CO2. The van der Waals surface area contributed by atoms with Gasteiger partial charge in [0.25, 0.3) is 0 Å². The van der Waals surface area contributed by atoms with Crippen LogP contribution in [0.25, 0.3) is 0 Å². The third-order valence-corrected chi connectivity index (χ3v) is 11.1. The van der Waals surface area contributed by atoms with Crippen LogP contribution in [0.1, 0.15) is 73.6 Å². The third kappa shape index (κ3) is 4.80. The summed E-state index contributed by atoms with van der Waals surface area (Å²) in [6.45, 7) is 10.7. The van der Waals surface area contributed by atoms with Crippen LogP contribution in [0.4, 0.5) is 0 Å². The van der Waals surface area contributed by atoms with E-state index in [1.54, 1.807) is 14.0 Å². The molecule has 0 aromatic carbocycles. The first-order valence-corrected chi connectivity index (χ1v) is 15.0. The molecule has 1 N–H and O–H groups in total. The molecule has 0 aromatic heterocycles. The Balaban J connectivity index is 1.59. The molecular formula is C30H46O11. The van der Waals surface area contributed by atoms with Gasteiger partial charge in [0.1, 0.15) is 18.3 Å². The number of fused-ring (bicyclic) bond motifs is 3. The first-order chi connectivity index (χ1) is 19.3. The van der Waals surface area contributed by atoms with Gasteiger partial charge in [-0.3, -0.25) is 14.4 Å². The van der Waals surface area contributed by atoms with E-state index in [4.69, 9.17) is 33.2 Å². The lowest BCUT2D eigenvalue weighted by Crippen LogP contribution is -2.74. The Morgan fingerprint density at radius 2 is 1.76 bits per heavy atom. The fourth-order valence-corrected chi connectivity index (χ4v) is 8.47. The molecule has 1 spiro atoms. The van der Waals surface area contributed by atoms with Gasteiger partial charge in [0, 0.05) is 38.7 Å². The van der Waals surface area contributed by atoms with Crippen molar-refractivity contribution >= 4 is 17.9 Å². The van der Waals surface area contributed by atoms with Crippen molar-refractivity contribution in [3.8, 4) is 0 Å². The number of epoxide rings is 1. The van der Waals surface area contributed by atoms with E-state index in [1.807, 2.05) is 6.92 Å². The zero-order valence-corrected chi connectivity index (χ0v) is 25.3. The van der Waals surface area contributed by atoms with Crippen LogP contribution in [-0.4, -0.2) is 85.9 Å². The number of methoxy groups -OCH3 is 1. The molecule has 232 valence electrons. The second kappa shape index (κ2) is 11.0. The maximum absolute atomic E-state index is 13.0. The van der Waals surface area contributed by atoms with Gasteiger partial charge in [-0.15, -0.1) is 0 Å². The summed E-state index contributed by atoms with van der Waals surface area (Å²) in [6, 6.07) is 0. The normalized spacial score (nSPS) is 47.3. The van der Waals surface area contributed by atoms with E-state index < -0.39 is 58.9 Å². The summed E-state index contributed by atoms with van der Waals surface area (Å²) in [6.07, 6.45) is -0.987. The number of aliphatic hydroxyl groups excluding tert-OH is 1. The Bertz CT molecular complexity index is 1010. The Hall–Kier alpha value is -1.79. The minimum absolute atomic E-state index is 0.00781. The number of esters is 3. The highest BCUT2D eigenvalue weighted by molar-refractivity contribution is 5.72. The lowest BCUT2D eigenvalue weighted by molar-refractivity contribution is -0.289. The van der Waals surface area contributed by atoms with Gasteiger partial charge in [-0.05, 0) is 37.5 Å². The van der Waals surface area contributed by atoms with Gasteiger partial charge in [-0.1, -0.05) is 27.7 Å². The van der Waals surface area contributed by atoms with Crippen LogP contribution in [0.2, 0.25) is 0 Å². The van der Waals surface area contributed by atoms with Crippen LogP contribution in [0.3, 0.4) is 0 Å². The largest absolute Gasteiger partial charge is 0.465 e. The molecule has 3 aliphatic heterocycles. The second-order valence-corrected chi connectivity index (χ2v) is 13.1. The van der Waals surface area contributed by atoms with Gasteiger partial charge < -0.3 is 38.3 Å². The summed E-state index contributed by atoms with van der Waals surface area (Å²) in [4.78, 5) is 37.8. The monoisotopic (exact) mass is 582 g/mol.